The fourth-order valence-corrected chi connectivity index (χ4v) is 1.96. The highest BCUT2D eigenvalue weighted by Gasteiger charge is 2.00. The first-order valence-corrected chi connectivity index (χ1v) is 7.51. The van der Waals surface area contributed by atoms with Crippen LogP contribution in [0.25, 0.3) is 0 Å². The highest BCUT2D eigenvalue weighted by atomic mass is 16.5. The van der Waals surface area contributed by atoms with E-state index in [1.807, 2.05) is 30.6 Å². The van der Waals surface area contributed by atoms with Gasteiger partial charge >= 0.3 is 0 Å². The van der Waals surface area contributed by atoms with Crippen molar-refractivity contribution in [2.24, 2.45) is 5.92 Å². The summed E-state index contributed by atoms with van der Waals surface area (Å²) in [6, 6.07) is 10.3. The lowest BCUT2D eigenvalue weighted by molar-refractivity contribution is 0.289. The fraction of sp³-hybridized carbons (Fsp3) is 0.389. The Bertz CT molecular complexity index is 549. The van der Waals surface area contributed by atoms with Crippen molar-refractivity contribution in [3.8, 4) is 5.75 Å². The number of rotatable bonds is 7. The third-order valence-electron chi connectivity index (χ3n) is 3.41. The van der Waals surface area contributed by atoms with Gasteiger partial charge in [0.15, 0.2) is 0 Å². The Hall–Kier alpha value is -2.03. The molecule has 0 amide bonds. The van der Waals surface area contributed by atoms with Gasteiger partial charge in [-0.1, -0.05) is 26.0 Å². The van der Waals surface area contributed by atoms with Crippen LogP contribution in [-0.4, -0.2) is 11.6 Å². The van der Waals surface area contributed by atoms with Crippen molar-refractivity contribution in [3.05, 3.63) is 53.9 Å². The van der Waals surface area contributed by atoms with Crippen LogP contribution in [0.4, 0.5) is 5.69 Å². The lowest BCUT2D eigenvalue weighted by Gasteiger charge is -2.10. The zero-order valence-electron chi connectivity index (χ0n) is 13.1. The Morgan fingerprint density at radius 2 is 1.90 bits per heavy atom. The van der Waals surface area contributed by atoms with Gasteiger partial charge in [-0.15, -0.1) is 0 Å². The zero-order chi connectivity index (χ0) is 15.1. The first-order valence-electron chi connectivity index (χ1n) is 7.51. The predicted octanol–water partition coefficient (Wildman–Crippen LogP) is 4.43. The minimum Gasteiger partial charge on any atom is -0.494 e. The molecule has 0 aliphatic heterocycles. The second kappa shape index (κ2) is 7.67. The minimum absolute atomic E-state index is 0.677. The van der Waals surface area contributed by atoms with E-state index in [0.717, 1.165) is 31.0 Å². The maximum Gasteiger partial charge on any atom is 0.119 e. The van der Waals surface area contributed by atoms with E-state index in [9.17, 15) is 0 Å². The normalized spacial score (nSPS) is 10.7. The van der Waals surface area contributed by atoms with Gasteiger partial charge in [-0.25, -0.2) is 0 Å². The topological polar surface area (TPSA) is 34.2 Å². The van der Waals surface area contributed by atoms with E-state index in [2.05, 4.69) is 43.2 Å². The van der Waals surface area contributed by atoms with Crippen LogP contribution in [0.1, 0.15) is 31.4 Å². The van der Waals surface area contributed by atoms with Crippen molar-refractivity contribution >= 4 is 5.69 Å². The molecule has 1 N–H and O–H groups in total. The summed E-state index contributed by atoms with van der Waals surface area (Å²) in [5, 5.41) is 3.40. The first-order chi connectivity index (χ1) is 10.1. The lowest BCUT2D eigenvalue weighted by atomic mass is 10.1. The Morgan fingerprint density at radius 1 is 1.14 bits per heavy atom. The number of ether oxygens (including phenoxy) is 1. The second-order valence-electron chi connectivity index (χ2n) is 5.72. The van der Waals surface area contributed by atoms with Gasteiger partial charge in [-0.05, 0) is 48.6 Å². The average Bonchev–Trinajstić information content (AvgIpc) is 2.47. The second-order valence-corrected chi connectivity index (χ2v) is 5.72. The maximum atomic E-state index is 5.72. The summed E-state index contributed by atoms with van der Waals surface area (Å²) in [7, 11) is 0. The summed E-state index contributed by atoms with van der Waals surface area (Å²) in [5.74, 6) is 1.62. The molecule has 0 aliphatic carbocycles. The molecule has 1 aromatic heterocycles. The highest BCUT2D eigenvalue weighted by Crippen LogP contribution is 2.16. The monoisotopic (exact) mass is 284 g/mol. The van der Waals surface area contributed by atoms with E-state index in [1.165, 1.54) is 11.1 Å². The Morgan fingerprint density at radius 3 is 2.57 bits per heavy atom. The molecule has 0 saturated heterocycles. The van der Waals surface area contributed by atoms with Gasteiger partial charge in [0.25, 0.3) is 0 Å². The van der Waals surface area contributed by atoms with Crippen molar-refractivity contribution in [2.45, 2.75) is 33.7 Å². The molecule has 0 radical (unpaired) electrons. The zero-order valence-corrected chi connectivity index (χ0v) is 13.1. The van der Waals surface area contributed by atoms with E-state index in [1.54, 1.807) is 0 Å². The molecule has 2 rings (SSSR count). The number of nitrogens with zero attached hydrogens (tertiary/aromatic N) is 1. The Labute approximate surface area is 127 Å². The van der Waals surface area contributed by atoms with Crippen LogP contribution in [0.3, 0.4) is 0 Å². The van der Waals surface area contributed by atoms with E-state index in [0.29, 0.717) is 5.92 Å². The van der Waals surface area contributed by atoms with Gasteiger partial charge in [0, 0.05) is 12.7 Å². The van der Waals surface area contributed by atoms with E-state index in [4.69, 9.17) is 4.74 Å². The van der Waals surface area contributed by atoms with Crippen LogP contribution in [0, 0.1) is 12.8 Å². The summed E-state index contributed by atoms with van der Waals surface area (Å²) in [5.41, 5.74) is 3.52. The molecule has 0 saturated carbocycles. The van der Waals surface area contributed by atoms with Crippen molar-refractivity contribution in [1.82, 2.24) is 4.98 Å². The number of aryl methyl sites for hydroxylation is 1. The van der Waals surface area contributed by atoms with E-state index in [-0.39, 0.29) is 0 Å². The van der Waals surface area contributed by atoms with Gasteiger partial charge in [-0.3, -0.25) is 4.98 Å². The van der Waals surface area contributed by atoms with Gasteiger partial charge in [0.2, 0.25) is 0 Å². The molecule has 0 bridgehead atoms. The summed E-state index contributed by atoms with van der Waals surface area (Å²) in [6.45, 7) is 8.07. The molecule has 1 aromatic carbocycles. The summed E-state index contributed by atoms with van der Waals surface area (Å²) < 4.78 is 5.72. The molecule has 3 heteroatoms. The van der Waals surface area contributed by atoms with Gasteiger partial charge < -0.3 is 10.1 Å². The third kappa shape index (κ3) is 5.10. The van der Waals surface area contributed by atoms with E-state index >= 15 is 0 Å². The van der Waals surface area contributed by atoms with Crippen LogP contribution in [-0.2, 0) is 6.54 Å². The number of hydrogen-bond acceptors (Lipinski definition) is 3. The molecular formula is C18H24N2O. The van der Waals surface area contributed by atoms with Crippen LogP contribution in [0.15, 0.2) is 42.7 Å². The van der Waals surface area contributed by atoms with Gasteiger partial charge in [-0.2, -0.15) is 0 Å². The molecule has 112 valence electrons. The third-order valence-corrected chi connectivity index (χ3v) is 3.41. The SMILES string of the molecule is Cc1ccncc1NCc1ccc(OCCC(C)C)cc1. The van der Waals surface area contributed by atoms with Crippen molar-refractivity contribution in [3.63, 3.8) is 0 Å². The van der Waals surface area contributed by atoms with Crippen LogP contribution >= 0.6 is 0 Å². The van der Waals surface area contributed by atoms with Crippen molar-refractivity contribution < 1.29 is 4.74 Å². The maximum absolute atomic E-state index is 5.72. The Balaban J connectivity index is 1.84. The molecule has 0 aliphatic rings. The number of benzene rings is 1. The average molecular weight is 284 g/mol. The Kier molecular flexibility index (Phi) is 5.61. The smallest absolute Gasteiger partial charge is 0.119 e. The number of anilines is 1. The fourth-order valence-electron chi connectivity index (χ4n) is 1.96. The van der Waals surface area contributed by atoms with Crippen LogP contribution in [0.5, 0.6) is 5.75 Å². The summed E-state index contributed by atoms with van der Waals surface area (Å²) in [4.78, 5) is 4.14. The first kappa shape index (κ1) is 15.4. The number of hydrogen-bond donors (Lipinski definition) is 1. The molecule has 0 fully saturated rings. The molecule has 0 atom stereocenters. The molecule has 1 heterocycles. The van der Waals surface area contributed by atoms with Crippen LogP contribution in [0.2, 0.25) is 0 Å². The summed E-state index contributed by atoms with van der Waals surface area (Å²) >= 11 is 0. The molecule has 21 heavy (non-hydrogen) atoms. The van der Waals surface area contributed by atoms with Crippen molar-refractivity contribution in [1.29, 1.82) is 0 Å². The van der Waals surface area contributed by atoms with E-state index < -0.39 is 0 Å². The highest BCUT2D eigenvalue weighted by molar-refractivity contribution is 5.48. The standard InChI is InChI=1S/C18H24N2O/c1-14(2)9-11-21-17-6-4-16(5-7-17)12-20-18-13-19-10-8-15(18)3/h4-8,10,13-14,20H,9,11-12H2,1-3H3. The quantitative estimate of drug-likeness (QED) is 0.817. The predicted molar refractivity (Wildman–Crippen MR) is 87.7 cm³/mol. The molecule has 0 unspecified atom stereocenters. The molecule has 3 nitrogen and oxygen atoms in total. The number of nitrogens with one attached hydrogen (secondary N) is 1. The lowest BCUT2D eigenvalue weighted by Crippen LogP contribution is -2.03. The van der Waals surface area contributed by atoms with Gasteiger partial charge in [0.05, 0.1) is 18.5 Å². The summed E-state index contributed by atoms with van der Waals surface area (Å²) in [6.07, 6.45) is 4.76. The van der Waals surface area contributed by atoms with Crippen LogP contribution < -0.4 is 10.1 Å². The largest absolute Gasteiger partial charge is 0.494 e. The number of aromatic nitrogens is 1. The van der Waals surface area contributed by atoms with Crippen molar-refractivity contribution in [2.75, 3.05) is 11.9 Å². The molecular weight excluding hydrogens is 260 g/mol. The van der Waals surface area contributed by atoms with Gasteiger partial charge in [0.1, 0.15) is 5.75 Å². The molecule has 2 aromatic rings. The molecule has 0 spiro atoms. The minimum atomic E-state index is 0.677. The number of pyridine rings is 1.